The van der Waals surface area contributed by atoms with E-state index in [0.717, 1.165) is 32.1 Å². The van der Waals surface area contributed by atoms with E-state index in [1.807, 2.05) is 0 Å². The minimum atomic E-state index is -4.68. The van der Waals surface area contributed by atoms with Crippen molar-refractivity contribution in [2.45, 2.75) is 56.9 Å². The van der Waals surface area contributed by atoms with Gasteiger partial charge < -0.3 is 30.7 Å². The van der Waals surface area contributed by atoms with Gasteiger partial charge in [-0.05, 0) is 49.8 Å². The molecule has 254 valence electrons. The van der Waals surface area contributed by atoms with Crippen molar-refractivity contribution in [1.82, 2.24) is 34.4 Å². The highest BCUT2D eigenvalue weighted by Crippen LogP contribution is 2.37. The van der Waals surface area contributed by atoms with E-state index in [1.54, 1.807) is 9.80 Å². The molecule has 17 heteroatoms. The second kappa shape index (κ2) is 13.7. The molecule has 3 aromatic rings. The summed E-state index contributed by atoms with van der Waals surface area (Å²) in [5, 5.41) is 9.54. The van der Waals surface area contributed by atoms with Gasteiger partial charge in [0.25, 0.3) is 11.8 Å². The largest absolute Gasteiger partial charge is 0.435 e. The molecule has 47 heavy (non-hydrogen) atoms. The molecule has 1 aliphatic heterocycles. The molecule has 4 amide bonds. The highest BCUT2D eigenvalue weighted by Gasteiger charge is 2.39. The highest BCUT2D eigenvalue weighted by molar-refractivity contribution is 6.34. The van der Waals surface area contributed by atoms with Gasteiger partial charge in [-0.1, -0.05) is 18.0 Å². The molecule has 3 heterocycles. The van der Waals surface area contributed by atoms with Crippen LogP contribution in [-0.2, 0) is 19.8 Å². The van der Waals surface area contributed by atoms with Gasteiger partial charge in [-0.3, -0.25) is 14.3 Å². The number of hydrogen-bond donors (Lipinski definition) is 3. The van der Waals surface area contributed by atoms with Crippen molar-refractivity contribution >= 4 is 47.5 Å². The number of rotatable bonds is 7. The van der Waals surface area contributed by atoms with Gasteiger partial charge in [0.05, 0.1) is 28.0 Å². The monoisotopic (exact) mass is 697 g/mol. The van der Waals surface area contributed by atoms with Crippen molar-refractivity contribution in [3.05, 3.63) is 52.7 Å². The zero-order valence-corrected chi connectivity index (χ0v) is 27.2. The van der Waals surface area contributed by atoms with Crippen molar-refractivity contribution in [2.24, 2.45) is 18.7 Å². The van der Waals surface area contributed by atoms with Crippen LogP contribution in [0.4, 0.5) is 23.7 Å². The average Bonchev–Trinajstić information content (AvgIpc) is 3.57. The summed E-state index contributed by atoms with van der Waals surface area (Å²) in [5.41, 5.74) is 5.21. The van der Waals surface area contributed by atoms with E-state index in [0.29, 0.717) is 38.6 Å². The molecule has 0 bridgehead atoms. The molecule has 0 unspecified atom stereocenters. The predicted octanol–water partition coefficient (Wildman–Crippen LogP) is 4.39. The maximum absolute atomic E-state index is 13.9. The number of carbonyl (C=O) groups excluding carboxylic acids is 3. The Morgan fingerprint density at radius 1 is 1.09 bits per heavy atom. The summed E-state index contributed by atoms with van der Waals surface area (Å²) in [6.45, 7) is 1.82. The number of alkyl halides is 3. The number of carbonyl (C=O) groups is 3. The van der Waals surface area contributed by atoms with E-state index >= 15 is 0 Å². The summed E-state index contributed by atoms with van der Waals surface area (Å²) in [4.78, 5) is 46.2. The predicted molar refractivity (Wildman–Crippen MR) is 170 cm³/mol. The van der Waals surface area contributed by atoms with Crippen molar-refractivity contribution in [3.8, 4) is 11.3 Å². The van der Waals surface area contributed by atoms with Crippen LogP contribution >= 0.6 is 24.0 Å². The molecule has 3 aliphatic rings. The van der Waals surface area contributed by atoms with Gasteiger partial charge in [0.1, 0.15) is 0 Å². The first-order chi connectivity index (χ1) is 21.9. The Hall–Kier alpha value is -3.82. The lowest BCUT2D eigenvalue weighted by molar-refractivity contribution is -0.141. The first kappa shape index (κ1) is 34.5. The van der Waals surface area contributed by atoms with Crippen LogP contribution in [-0.4, -0.2) is 85.2 Å². The quantitative estimate of drug-likeness (QED) is 0.334. The molecular formula is C30H36Cl2F3N9O3. The number of anilines is 1. The molecule has 0 spiro atoms. The van der Waals surface area contributed by atoms with Crippen molar-refractivity contribution in [1.29, 1.82) is 0 Å². The van der Waals surface area contributed by atoms with Gasteiger partial charge in [-0.2, -0.15) is 18.3 Å². The molecule has 1 aromatic carbocycles. The van der Waals surface area contributed by atoms with E-state index < -0.39 is 17.8 Å². The van der Waals surface area contributed by atoms with Gasteiger partial charge in [0.15, 0.2) is 11.5 Å². The van der Waals surface area contributed by atoms with Gasteiger partial charge in [0.2, 0.25) is 0 Å². The molecule has 3 fully saturated rings. The van der Waals surface area contributed by atoms with E-state index in [9.17, 15) is 27.6 Å². The molecule has 1 saturated heterocycles. The number of aromatic nitrogens is 4. The van der Waals surface area contributed by atoms with E-state index in [2.05, 4.69) is 20.7 Å². The second-order valence-electron chi connectivity index (χ2n) is 12.2. The molecule has 2 saturated carbocycles. The highest BCUT2D eigenvalue weighted by atomic mass is 35.5. The zero-order chi connectivity index (χ0) is 32.7. The Kier molecular flexibility index (Phi) is 10.1. The van der Waals surface area contributed by atoms with E-state index in [1.165, 1.54) is 46.9 Å². The minimum absolute atomic E-state index is 0. The lowest BCUT2D eigenvalue weighted by Gasteiger charge is -2.38. The zero-order valence-electron chi connectivity index (χ0n) is 25.6. The normalized spacial score (nSPS) is 19.8. The van der Waals surface area contributed by atoms with Gasteiger partial charge in [-0.15, -0.1) is 12.4 Å². The smallest absolute Gasteiger partial charge is 0.335 e. The molecule has 6 rings (SSSR count). The second-order valence-corrected chi connectivity index (χ2v) is 12.6. The van der Waals surface area contributed by atoms with Crippen molar-refractivity contribution in [3.63, 3.8) is 0 Å². The van der Waals surface area contributed by atoms with Crippen molar-refractivity contribution in [2.75, 3.05) is 31.5 Å². The third-order valence-electron chi connectivity index (χ3n) is 8.98. The number of urea groups is 1. The number of imidazole rings is 1. The van der Waals surface area contributed by atoms with E-state index in [-0.39, 0.29) is 69.8 Å². The molecule has 0 radical (unpaired) electrons. The van der Waals surface area contributed by atoms with Crippen LogP contribution in [0.3, 0.4) is 0 Å². The Bertz CT molecular complexity index is 1640. The fourth-order valence-corrected chi connectivity index (χ4v) is 6.27. The molecule has 4 N–H and O–H groups in total. The number of amides is 4. The van der Waals surface area contributed by atoms with Crippen LogP contribution in [0, 0.1) is 5.92 Å². The minimum Gasteiger partial charge on any atom is -0.335 e. The summed E-state index contributed by atoms with van der Waals surface area (Å²) >= 11 is 6.45. The maximum Gasteiger partial charge on any atom is 0.435 e. The first-order valence-electron chi connectivity index (χ1n) is 15.2. The number of benzene rings is 1. The average molecular weight is 699 g/mol. The summed E-state index contributed by atoms with van der Waals surface area (Å²) in [7, 11) is 1.46. The molecular weight excluding hydrogens is 662 g/mol. The Labute approximate surface area is 280 Å². The Morgan fingerprint density at radius 3 is 2.36 bits per heavy atom. The van der Waals surface area contributed by atoms with Gasteiger partial charge in [0, 0.05) is 63.7 Å². The van der Waals surface area contributed by atoms with Gasteiger partial charge in [-0.25, -0.2) is 9.78 Å². The van der Waals surface area contributed by atoms with Crippen LogP contribution in [0.1, 0.15) is 58.8 Å². The van der Waals surface area contributed by atoms with E-state index in [4.69, 9.17) is 17.3 Å². The standard InChI is InChI=1S/C30H35ClF3N9O3.ClH/c1-40-24(22-16-43(15-17-3-2-4-17)39-25(22)30(32,33)34)14-36-26(40)27(44)37-19-5-6-21(23(31)13-19)28(45)41-7-9-42(10-8-41)29(46)38-20-11-18(35)12-20;/h5-6,13-14,16-18,20H,2-4,7-12,15,35H2,1H3,(H,37,44)(H,38,46);1H/t18-,20+;. The molecule has 2 aromatic heterocycles. The van der Waals surface area contributed by atoms with Crippen molar-refractivity contribution < 1.29 is 27.6 Å². The van der Waals surface area contributed by atoms with Crippen LogP contribution in [0.5, 0.6) is 0 Å². The third-order valence-corrected chi connectivity index (χ3v) is 9.29. The number of nitrogens with one attached hydrogen (secondary N) is 2. The number of hydrogen-bond acceptors (Lipinski definition) is 6. The fourth-order valence-electron chi connectivity index (χ4n) is 6.00. The van der Waals surface area contributed by atoms with Crippen LogP contribution in [0.15, 0.2) is 30.6 Å². The lowest BCUT2D eigenvalue weighted by Crippen LogP contribution is -2.57. The summed E-state index contributed by atoms with van der Waals surface area (Å²) < 4.78 is 44.3. The fraction of sp³-hybridized carbons (Fsp3) is 0.500. The SMILES string of the molecule is Cl.Cn1c(-c2cn(CC3CCC3)nc2C(F)(F)F)cnc1C(=O)Nc1ccc(C(=O)N2CCN(C(=O)N[C@H]3C[C@@H](N)C3)CC2)c(Cl)c1. The van der Waals surface area contributed by atoms with Crippen LogP contribution in [0.2, 0.25) is 5.02 Å². The number of halogens is 5. The summed E-state index contributed by atoms with van der Waals surface area (Å²) in [5.74, 6) is -0.790. The van der Waals surface area contributed by atoms with Gasteiger partial charge >= 0.3 is 12.2 Å². The Morgan fingerprint density at radius 2 is 1.77 bits per heavy atom. The van der Waals surface area contributed by atoms with Crippen LogP contribution in [0.25, 0.3) is 11.3 Å². The topological polar surface area (TPSA) is 143 Å². The third kappa shape index (κ3) is 7.36. The Balaban J connectivity index is 0.00000433. The number of piperazine rings is 1. The number of nitrogens with two attached hydrogens (primary N) is 1. The summed E-state index contributed by atoms with van der Waals surface area (Å²) in [6, 6.07) is 4.49. The molecule has 0 atom stereocenters. The number of nitrogens with zero attached hydrogens (tertiary/aromatic N) is 6. The molecule has 12 nitrogen and oxygen atoms in total. The molecule has 2 aliphatic carbocycles. The summed E-state index contributed by atoms with van der Waals surface area (Å²) in [6.07, 6.45) is 2.39. The maximum atomic E-state index is 13.9. The first-order valence-corrected chi connectivity index (χ1v) is 15.6. The lowest BCUT2D eigenvalue weighted by atomic mass is 9.85. The van der Waals surface area contributed by atoms with Crippen LogP contribution < -0.4 is 16.4 Å².